The highest BCUT2D eigenvalue weighted by molar-refractivity contribution is 5.36. The fourth-order valence-electron chi connectivity index (χ4n) is 1.35. The fourth-order valence-corrected chi connectivity index (χ4v) is 1.35. The van der Waals surface area contributed by atoms with Gasteiger partial charge in [-0.05, 0) is 40.9 Å². The second kappa shape index (κ2) is 7.06. The molecule has 0 aliphatic rings. The lowest BCUT2D eigenvalue weighted by molar-refractivity contribution is 0.232. The van der Waals surface area contributed by atoms with Crippen LogP contribution in [0, 0.1) is 0 Å². The summed E-state index contributed by atoms with van der Waals surface area (Å²) in [5.74, 6) is 1.43. The monoisotopic (exact) mass is 238 g/mol. The number of ether oxygens (including phenoxy) is 1. The Balaban J connectivity index is 2.37. The van der Waals surface area contributed by atoms with Crippen LogP contribution in [0.15, 0.2) is 12.4 Å². The average molecular weight is 238 g/mol. The largest absolute Gasteiger partial charge is 0.475 e. The lowest BCUT2D eigenvalue weighted by Gasteiger charge is -2.11. The predicted octanol–water partition coefficient (Wildman–Crippen LogP) is 1.63. The van der Waals surface area contributed by atoms with Gasteiger partial charge in [0.2, 0.25) is 5.88 Å². The summed E-state index contributed by atoms with van der Waals surface area (Å²) in [6, 6.07) is 1.83. The van der Waals surface area contributed by atoms with Gasteiger partial charge >= 0.3 is 0 Å². The molecule has 0 amide bonds. The van der Waals surface area contributed by atoms with E-state index in [0.717, 1.165) is 25.3 Å². The van der Waals surface area contributed by atoms with Crippen LogP contribution in [0.5, 0.6) is 5.88 Å². The Morgan fingerprint density at radius 3 is 2.76 bits per heavy atom. The van der Waals surface area contributed by atoms with E-state index in [9.17, 15) is 0 Å². The molecule has 0 spiro atoms. The standard InChI is InChI=1S/C12H22N4O/c1-10(2)17-12-8-11(14-9-15-12)13-6-5-7-16(3)4/h8-10H,5-7H2,1-4H3,(H,13,14,15). The number of nitrogens with one attached hydrogen (secondary N) is 1. The van der Waals surface area contributed by atoms with Gasteiger partial charge in [-0.2, -0.15) is 0 Å². The summed E-state index contributed by atoms with van der Waals surface area (Å²) in [7, 11) is 4.14. The maximum Gasteiger partial charge on any atom is 0.218 e. The molecule has 1 aromatic heterocycles. The molecule has 0 aromatic carbocycles. The first-order valence-corrected chi connectivity index (χ1v) is 5.95. The summed E-state index contributed by atoms with van der Waals surface area (Å²) >= 11 is 0. The molecule has 0 fully saturated rings. The van der Waals surface area contributed by atoms with Crippen molar-refractivity contribution < 1.29 is 4.74 Å². The van der Waals surface area contributed by atoms with Gasteiger partial charge in [0.05, 0.1) is 6.10 Å². The normalized spacial score (nSPS) is 10.9. The molecule has 5 heteroatoms. The molecule has 1 aromatic rings. The van der Waals surface area contributed by atoms with Gasteiger partial charge in [0.1, 0.15) is 12.1 Å². The van der Waals surface area contributed by atoms with Crippen LogP contribution in [0.4, 0.5) is 5.82 Å². The van der Waals surface area contributed by atoms with Crippen molar-refractivity contribution in [2.24, 2.45) is 0 Å². The average Bonchev–Trinajstić information content (AvgIpc) is 2.24. The Bertz CT molecular complexity index is 328. The van der Waals surface area contributed by atoms with Crippen molar-refractivity contribution >= 4 is 5.82 Å². The Labute approximate surface area is 103 Å². The number of aromatic nitrogens is 2. The zero-order valence-corrected chi connectivity index (χ0v) is 11.1. The van der Waals surface area contributed by atoms with Crippen molar-refractivity contribution in [2.75, 3.05) is 32.5 Å². The fraction of sp³-hybridized carbons (Fsp3) is 0.667. The second-order valence-corrected chi connectivity index (χ2v) is 4.49. The third-order valence-corrected chi connectivity index (χ3v) is 2.09. The number of nitrogens with zero attached hydrogens (tertiary/aromatic N) is 3. The van der Waals surface area contributed by atoms with Crippen LogP contribution in [0.25, 0.3) is 0 Å². The summed E-state index contributed by atoms with van der Waals surface area (Å²) in [5.41, 5.74) is 0. The van der Waals surface area contributed by atoms with Crippen molar-refractivity contribution in [3.05, 3.63) is 12.4 Å². The van der Waals surface area contributed by atoms with Crippen molar-refractivity contribution in [1.29, 1.82) is 0 Å². The number of rotatable bonds is 7. The quantitative estimate of drug-likeness (QED) is 0.732. The van der Waals surface area contributed by atoms with Gasteiger partial charge in [-0.1, -0.05) is 0 Å². The third-order valence-electron chi connectivity index (χ3n) is 2.09. The first-order chi connectivity index (χ1) is 8.08. The molecule has 96 valence electrons. The van der Waals surface area contributed by atoms with Crippen molar-refractivity contribution in [3.8, 4) is 5.88 Å². The molecule has 0 saturated carbocycles. The van der Waals surface area contributed by atoms with E-state index in [-0.39, 0.29) is 6.10 Å². The zero-order valence-electron chi connectivity index (χ0n) is 11.1. The summed E-state index contributed by atoms with van der Waals surface area (Å²) in [6.07, 6.45) is 2.73. The molecule has 0 unspecified atom stereocenters. The first kappa shape index (κ1) is 13.7. The van der Waals surface area contributed by atoms with E-state index in [2.05, 4.69) is 34.3 Å². The molecule has 0 saturated heterocycles. The SMILES string of the molecule is CC(C)Oc1cc(NCCCN(C)C)ncn1. The number of hydrogen-bond acceptors (Lipinski definition) is 5. The molecule has 0 aliphatic heterocycles. The van der Waals surface area contributed by atoms with E-state index in [0.29, 0.717) is 5.88 Å². The van der Waals surface area contributed by atoms with E-state index in [1.807, 2.05) is 19.9 Å². The molecular weight excluding hydrogens is 216 g/mol. The van der Waals surface area contributed by atoms with Gasteiger partial charge in [-0.3, -0.25) is 0 Å². The van der Waals surface area contributed by atoms with E-state index in [4.69, 9.17) is 4.74 Å². The van der Waals surface area contributed by atoms with Crippen LogP contribution in [-0.4, -0.2) is 48.2 Å². The lowest BCUT2D eigenvalue weighted by atomic mass is 10.4. The summed E-state index contributed by atoms with van der Waals surface area (Å²) in [4.78, 5) is 10.4. The molecule has 5 nitrogen and oxygen atoms in total. The Kier molecular flexibility index (Phi) is 5.69. The topological polar surface area (TPSA) is 50.3 Å². The highest BCUT2D eigenvalue weighted by Crippen LogP contribution is 2.12. The van der Waals surface area contributed by atoms with Crippen LogP contribution in [-0.2, 0) is 0 Å². The highest BCUT2D eigenvalue weighted by Gasteiger charge is 2.01. The first-order valence-electron chi connectivity index (χ1n) is 5.95. The minimum Gasteiger partial charge on any atom is -0.475 e. The van der Waals surface area contributed by atoms with E-state index >= 15 is 0 Å². The van der Waals surface area contributed by atoms with Gasteiger partial charge in [-0.15, -0.1) is 0 Å². The predicted molar refractivity (Wildman–Crippen MR) is 69.5 cm³/mol. The Hall–Kier alpha value is -1.36. The molecule has 1 N–H and O–H groups in total. The van der Waals surface area contributed by atoms with Crippen LogP contribution >= 0.6 is 0 Å². The number of hydrogen-bond donors (Lipinski definition) is 1. The van der Waals surface area contributed by atoms with Crippen LogP contribution in [0.1, 0.15) is 20.3 Å². The second-order valence-electron chi connectivity index (χ2n) is 4.49. The van der Waals surface area contributed by atoms with E-state index in [1.54, 1.807) is 0 Å². The molecule has 0 radical (unpaired) electrons. The van der Waals surface area contributed by atoms with Gasteiger partial charge in [0.25, 0.3) is 0 Å². The smallest absolute Gasteiger partial charge is 0.218 e. The van der Waals surface area contributed by atoms with Crippen LogP contribution in [0.3, 0.4) is 0 Å². The molecule has 17 heavy (non-hydrogen) atoms. The van der Waals surface area contributed by atoms with Gasteiger partial charge < -0.3 is 15.0 Å². The van der Waals surface area contributed by atoms with Crippen molar-refractivity contribution in [2.45, 2.75) is 26.4 Å². The summed E-state index contributed by atoms with van der Waals surface area (Å²) in [6.45, 7) is 5.92. The summed E-state index contributed by atoms with van der Waals surface area (Å²) in [5, 5.41) is 3.26. The van der Waals surface area contributed by atoms with Crippen LogP contribution < -0.4 is 10.1 Å². The van der Waals surface area contributed by atoms with Gasteiger partial charge in [-0.25, -0.2) is 9.97 Å². The molecule has 0 aliphatic carbocycles. The van der Waals surface area contributed by atoms with Gasteiger partial charge in [0, 0.05) is 12.6 Å². The molecule has 0 bridgehead atoms. The van der Waals surface area contributed by atoms with E-state index < -0.39 is 0 Å². The summed E-state index contributed by atoms with van der Waals surface area (Å²) < 4.78 is 5.50. The van der Waals surface area contributed by atoms with Gasteiger partial charge in [0.15, 0.2) is 0 Å². The van der Waals surface area contributed by atoms with Crippen molar-refractivity contribution in [1.82, 2.24) is 14.9 Å². The van der Waals surface area contributed by atoms with Crippen LogP contribution in [0.2, 0.25) is 0 Å². The highest BCUT2D eigenvalue weighted by atomic mass is 16.5. The minimum atomic E-state index is 0.131. The third kappa shape index (κ3) is 6.06. The lowest BCUT2D eigenvalue weighted by Crippen LogP contribution is -2.16. The minimum absolute atomic E-state index is 0.131. The maximum atomic E-state index is 5.50. The Morgan fingerprint density at radius 1 is 1.35 bits per heavy atom. The van der Waals surface area contributed by atoms with Crippen molar-refractivity contribution in [3.63, 3.8) is 0 Å². The Morgan fingerprint density at radius 2 is 2.12 bits per heavy atom. The number of anilines is 1. The molecule has 1 heterocycles. The molecular formula is C12H22N4O. The molecule has 1 rings (SSSR count). The molecule has 0 atom stereocenters. The van der Waals surface area contributed by atoms with E-state index in [1.165, 1.54) is 6.33 Å². The maximum absolute atomic E-state index is 5.50. The zero-order chi connectivity index (χ0) is 12.7.